The average Bonchev–Trinajstić information content (AvgIpc) is 3.07. The van der Waals surface area contributed by atoms with Crippen molar-refractivity contribution in [2.75, 3.05) is 5.32 Å². The first-order valence-electron chi connectivity index (χ1n) is 8.48. The van der Waals surface area contributed by atoms with Crippen molar-refractivity contribution in [2.24, 2.45) is 5.92 Å². The van der Waals surface area contributed by atoms with Crippen LogP contribution in [0.15, 0.2) is 36.9 Å². The summed E-state index contributed by atoms with van der Waals surface area (Å²) in [6.45, 7) is 6.63. The summed E-state index contributed by atoms with van der Waals surface area (Å²) < 4.78 is 1.65. The first-order valence-corrected chi connectivity index (χ1v) is 8.48. The summed E-state index contributed by atoms with van der Waals surface area (Å²) >= 11 is 0. The highest BCUT2D eigenvalue weighted by molar-refractivity contribution is 6.39. The van der Waals surface area contributed by atoms with E-state index in [-0.39, 0.29) is 6.04 Å². The van der Waals surface area contributed by atoms with Gasteiger partial charge in [0.1, 0.15) is 12.7 Å². The largest absolute Gasteiger partial charge is 0.345 e. The molecule has 0 saturated heterocycles. The summed E-state index contributed by atoms with van der Waals surface area (Å²) in [5, 5.41) is 9.48. The molecule has 0 radical (unpaired) electrons. The number of benzene rings is 1. The maximum Gasteiger partial charge on any atom is 0.313 e. The van der Waals surface area contributed by atoms with E-state index in [2.05, 4.69) is 34.6 Å². The Kier molecular flexibility index (Phi) is 6.68. The Hall–Kier alpha value is -2.70. The van der Waals surface area contributed by atoms with Crippen LogP contribution in [0.2, 0.25) is 0 Å². The van der Waals surface area contributed by atoms with Gasteiger partial charge in [-0.1, -0.05) is 32.0 Å². The molecule has 2 amide bonds. The van der Waals surface area contributed by atoms with Crippen molar-refractivity contribution in [3.8, 4) is 0 Å². The number of hydrogen-bond donors (Lipinski definition) is 2. The molecule has 1 aromatic heterocycles. The van der Waals surface area contributed by atoms with E-state index in [9.17, 15) is 9.59 Å². The maximum absolute atomic E-state index is 12.2. The van der Waals surface area contributed by atoms with E-state index in [0.717, 1.165) is 18.4 Å². The third kappa shape index (κ3) is 6.02. The van der Waals surface area contributed by atoms with Gasteiger partial charge < -0.3 is 10.6 Å². The number of hydrogen-bond acceptors (Lipinski definition) is 4. The van der Waals surface area contributed by atoms with Crippen LogP contribution >= 0.6 is 0 Å². The standard InChI is InChI=1S/C18H25N5O2/c1-13(2)8-9-14(3)21-17(24)18(25)22-16-7-5-4-6-15(16)10-23-12-19-11-20-23/h4-7,11-14H,8-10H2,1-3H3,(H,21,24)(H,22,25). The molecule has 0 fully saturated rings. The Morgan fingerprint density at radius 2 is 1.88 bits per heavy atom. The third-order valence-electron chi connectivity index (χ3n) is 3.83. The number of carbonyl (C=O) groups is 2. The topological polar surface area (TPSA) is 88.9 Å². The van der Waals surface area contributed by atoms with E-state index in [0.29, 0.717) is 18.2 Å². The molecule has 1 heterocycles. The lowest BCUT2D eigenvalue weighted by Gasteiger charge is -2.15. The summed E-state index contributed by atoms with van der Waals surface area (Å²) in [6, 6.07) is 7.28. The number of aromatic nitrogens is 3. The molecule has 0 bridgehead atoms. The van der Waals surface area contributed by atoms with Crippen LogP contribution in [0.5, 0.6) is 0 Å². The minimum Gasteiger partial charge on any atom is -0.345 e. The average molecular weight is 343 g/mol. The second-order valence-electron chi connectivity index (χ2n) is 6.55. The maximum atomic E-state index is 12.2. The Balaban J connectivity index is 1.94. The first-order chi connectivity index (χ1) is 12.0. The van der Waals surface area contributed by atoms with Crippen LogP contribution in [0.25, 0.3) is 0 Å². The van der Waals surface area contributed by atoms with E-state index in [1.165, 1.54) is 6.33 Å². The SMILES string of the molecule is CC(C)CCC(C)NC(=O)C(=O)Nc1ccccc1Cn1cncn1. The van der Waals surface area contributed by atoms with Gasteiger partial charge in [-0.15, -0.1) is 0 Å². The molecule has 0 saturated carbocycles. The fourth-order valence-corrected chi connectivity index (χ4v) is 2.39. The molecule has 2 aromatic rings. The number of para-hydroxylation sites is 1. The number of amides is 2. The quantitative estimate of drug-likeness (QED) is 0.754. The van der Waals surface area contributed by atoms with Crippen LogP contribution in [0.4, 0.5) is 5.69 Å². The predicted molar refractivity (Wildman–Crippen MR) is 95.9 cm³/mol. The highest BCUT2D eigenvalue weighted by atomic mass is 16.2. The fraction of sp³-hybridized carbons (Fsp3) is 0.444. The Labute approximate surface area is 147 Å². The molecular weight excluding hydrogens is 318 g/mol. The molecule has 2 rings (SSSR count). The summed E-state index contributed by atoms with van der Waals surface area (Å²) in [5.41, 5.74) is 1.44. The van der Waals surface area contributed by atoms with Gasteiger partial charge in [0.15, 0.2) is 0 Å². The number of anilines is 1. The summed E-state index contributed by atoms with van der Waals surface area (Å²) in [6.07, 6.45) is 4.90. The summed E-state index contributed by atoms with van der Waals surface area (Å²) in [7, 11) is 0. The fourth-order valence-electron chi connectivity index (χ4n) is 2.39. The zero-order valence-electron chi connectivity index (χ0n) is 14.9. The number of nitrogens with zero attached hydrogens (tertiary/aromatic N) is 3. The van der Waals surface area contributed by atoms with Crippen LogP contribution in [0, 0.1) is 5.92 Å². The molecule has 0 aliphatic rings. The normalized spacial score (nSPS) is 12.0. The second-order valence-corrected chi connectivity index (χ2v) is 6.55. The van der Waals surface area contributed by atoms with Crippen LogP contribution in [-0.2, 0) is 16.1 Å². The molecule has 1 atom stereocenters. The van der Waals surface area contributed by atoms with Crippen molar-refractivity contribution in [1.82, 2.24) is 20.1 Å². The zero-order valence-corrected chi connectivity index (χ0v) is 14.9. The van der Waals surface area contributed by atoms with Crippen LogP contribution < -0.4 is 10.6 Å². The lowest BCUT2D eigenvalue weighted by molar-refractivity contribution is -0.136. The number of carbonyl (C=O) groups excluding carboxylic acids is 2. The van der Waals surface area contributed by atoms with Crippen LogP contribution in [0.1, 0.15) is 39.2 Å². The van der Waals surface area contributed by atoms with Crippen molar-refractivity contribution < 1.29 is 9.59 Å². The molecule has 1 unspecified atom stereocenters. The van der Waals surface area contributed by atoms with Crippen LogP contribution in [0.3, 0.4) is 0 Å². The van der Waals surface area contributed by atoms with Crippen molar-refractivity contribution in [1.29, 1.82) is 0 Å². The van der Waals surface area contributed by atoms with Crippen molar-refractivity contribution in [3.05, 3.63) is 42.5 Å². The summed E-state index contributed by atoms with van der Waals surface area (Å²) in [4.78, 5) is 28.2. The molecule has 1 aromatic carbocycles. The van der Waals surface area contributed by atoms with Gasteiger partial charge in [-0.2, -0.15) is 5.10 Å². The minimum atomic E-state index is -0.664. The molecule has 2 N–H and O–H groups in total. The first kappa shape index (κ1) is 18.6. The molecule has 134 valence electrons. The molecule has 7 nitrogen and oxygen atoms in total. The molecular formula is C18H25N5O2. The highest BCUT2D eigenvalue weighted by Gasteiger charge is 2.17. The van der Waals surface area contributed by atoms with Gasteiger partial charge >= 0.3 is 11.8 Å². The smallest absolute Gasteiger partial charge is 0.313 e. The van der Waals surface area contributed by atoms with Crippen molar-refractivity contribution in [3.63, 3.8) is 0 Å². The van der Waals surface area contributed by atoms with Gasteiger partial charge in [-0.05, 0) is 37.3 Å². The lowest BCUT2D eigenvalue weighted by atomic mass is 10.0. The molecule has 0 aliphatic carbocycles. The molecule has 25 heavy (non-hydrogen) atoms. The Morgan fingerprint density at radius 1 is 1.12 bits per heavy atom. The van der Waals surface area contributed by atoms with E-state index >= 15 is 0 Å². The number of nitrogens with one attached hydrogen (secondary N) is 2. The van der Waals surface area contributed by atoms with Gasteiger partial charge in [0.25, 0.3) is 0 Å². The van der Waals surface area contributed by atoms with E-state index in [1.807, 2.05) is 25.1 Å². The van der Waals surface area contributed by atoms with Gasteiger partial charge in [0.2, 0.25) is 0 Å². The lowest BCUT2D eigenvalue weighted by Crippen LogP contribution is -2.40. The van der Waals surface area contributed by atoms with Gasteiger partial charge in [-0.25, -0.2) is 9.67 Å². The molecule has 0 spiro atoms. The highest BCUT2D eigenvalue weighted by Crippen LogP contribution is 2.16. The monoisotopic (exact) mass is 343 g/mol. The molecule has 7 heteroatoms. The second kappa shape index (κ2) is 8.96. The predicted octanol–water partition coefficient (Wildman–Crippen LogP) is 2.21. The number of rotatable bonds is 7. The summed E-state index contributed by atoms with van der Waals surface area (Å²) in [5.74, 6) is -0.717. The van der Waals surface area contributed by atoms with Crippen molar-refractivity contribution >= 4 is 17.5 Å². The van der Waals surface area contributed by atoms with Gasteiger partial charge in [0, 0.05) is 11.7 Å². The third-order valence-corrected chi connectivity index (χ3v) is 3.83. The van der Waals surface area contributed by atoms with Gasteiger partial charge in [0.05, 0.1) is 6.54 Å². The van der Waals surface area contributed by atoms with E-state index < -0.39 is 11.8 Å². The van der Waals surface area contributed by atoms with Crippen molar-refractivity contribution in [2.45, 2.75) is 46.2 Å². The minimum absolute atomic E-state index is 0.0361. The molecule has 0 aliphatic heterocycles. The zero-order chi connectivity index (χ0) is 18.2. The van der Waals surface area contributed by atoms with E-state index in [1.54, 1.807) is 17.1 Å². The van der Waals surface area contributed by atoms with E-state index in [4.69, 9.17) is 0 Å². The van der Waals surface area contributed by atoms with Crippen LogP contribution in [-0.4, -0.2) is 32.6 Å². The Morgan fingerprint density at radius 3 is 2.56 bits per heavy atom. The Bertz CT molecular complexity index is 697. The van der Waals surface area contributed by atoms with Gasteiger partial charge in [-0.3, -0.25) is 9.59 Å².